The van der Waals surface area contributed by atoms with E-state index < -0.39 is 0 Å². The first kappa shape index (κ1) is 9.93. The van der Waals surface area contributed by atoms with Gasteiger partial charge in [-0.15, -0.1) is 0 Å². The van der Waals surface area contributed by atoms with Crippen molar-refractivity contribution in [2.45, 2.75) is 13.3 Å². The van der Waals surface area contributed by atoms with Crippen LogP contribution in [-0.4, -0.2) is 12.4 Å². The van der Waals surface area contributed by atoms with E-state index in [0.717, 1.165) is 6.42 Å². The molecule has 0 fully saturated rings. The zero-order valence-corrected chi connectivity index (χ0v) is 7.69. The van der Waals surface area contributed by atoms with Crippen LogP contribution in [0.5, 0.6) is 0 Å². The molecule has 0 unspecified atom stereocenters. The average molecular weight is 177 g/mol. The molecule has 0 aliphatic rings. The van der Waals surface area contributed by atoms with Gasteiger partial charge in [-0.1, -0.05) is 37.3 Å². The first-order chi connectivity index (χ1) is 6.34. The zero-order chi connectivity index (χ0) is 9.52. The molecule has 0 saturated carbocycles. The van der Waals surface area contributed by atoms with Crippen molar-refractivity contribution in [2.75, 3.05) is 6.61 Å². The highest BCUT2D eigenvalue weighted by Crippen LogP contribution is 2.02. The van der Waals surface area contributed by atoms with E-state index in [0.29, 0.717) is 12.2 Å². The van der Waals surface area contributed by atoms with Crippen LogP contribution in [0.4, 0.5) is 0 Å². The van der Waals surface area contributed by atoms with Gasteiger partial charge in [-0.3, -0.25) is 4.79 Å². The number of ketones is 1. The molecule has 0 N–H and O–H groups in total. The third kappa shape index (κ3) is 3.38. The Morgan fingerprint density at radius 2 is 2.08 bits per heavy atom. The summed E-state index contributed by atoms with van der Waals surface area (Å²) in [4.78, 5) is 11.3. The average Bonchev–Trinajstić information content (AvgIpc) is 2.19. The van der Waals surface area contributed by atoms with Crippen LogP contribution in [0.2, 0.25) is 0 Å². The monoisotopic (exact) mass is 177 g/mol. The molecule has 0 aromatic heterocycles. The van der Waals surface area contributed by atoms with E-state index in [1.807, 2.05) is 25.1 Å². The Morgan fingerprint density at radius 1 is 1.38 bits per heavy atom. The van der Waals surface area contributed by atoms with Crippen LogP contribution in [0, 0.1) is 6.61 Å². The Bertz CT molecular complexity index is 254. The van der Waals surface area contributed by atoms with Crippen molar-refractivity contribution in [3.05, 3.63) is 42.5 Å². The first-order valence-corrected chi connectivity index (χ1v) is 4.38. The van der Waals surface area contributed by atoms with Crippen LogP contribution in [0.1, 0.15) is 23.7 Å². The molecule has 0 aliphatic heterocycles. The minimum Gasteiger partial charge on any atom is -0.367 e. The van der Waals surface area contributed by atoms with E-state index in [1.165, 1.54) is 6.61 Å². The van der Waals surface area contributed by atoms with Gasteiger partial charge in [0.25, 0.3) is 0 Å². The fraction of sp³-hybridized carbons (Fsp3) is 0.273. The van der Waals surface area contributed by atoms with E-state index in [9.17, 15) is 4.79 Å². The Morgan fingerprint density at radius 3 is 2.69 bits per heavy atom. The molecule has 0 atom stereocenters. The van der Waals surface area contributed by atoms with Crippen molar-refractivity contribution >= 4 is 5.78 Å². The molecule has 0 aliphatic carbocycles. The summed E-state index contributed by atoms with van der Waals surface area (Å²) in [6, 6.07) is 9.09. The SMILES string of the molecule is CCCO[CH]C(=O)c1ccccc1. The van der Waals surface area contributed by atoms with Crippen molar-refractivity contribution in [1.29, 1.82) is 0 Å². The number of hydrogen-bond acceptors (Lipinski definition) is 2. The summed E-state index contributed by atoms with van der Waals surface area (Å²) in [6.07, 6.45) is 0.915. The number of carbonyl (C=O) groups excluding carboxylic acids is 1. The standard InChI is InChI=1S/C11H13O2/c1-2-8-13-9-11(12)10-6-4-3-5-7-10/h3-7,9H,2,8H2,1H3. The molecule has 0 saturated heterocycles. The minimum atomic E-state index is -0.0750. The number of Topliss-reactive ketones (excluding diaryl/α,β-unsaturated/α-hetero) is 1. The largest absolute Gasteiger partial charge is 0.367 e. The summed E-state index contributed by atoms with van der Waals surface area (Å²) in [7, 11) is 0. The van der Waals surface area contributed by atoms with E-state index in [4.69, 9.17) is 4.74 Å². The highest BCUT2D eigenvalue weighted by atomic mass is 16.5. The summed E-state index contributed by atoms with van der Waals surface area (Å²) in [5.74, 6) is -0.0750. The lowest BCUT2D eigenvalue weighted by atomic mass is 10.1. The molecule has 0 spiro atoms. The normalized spacial score (nSPS) is 9.92. The first-order valence-electron chi connectivity index (χ1n) is 4.38. The van der Waals surface area contributed by atoms with Gasteiger partial charge in [-0.25, -0.2) is 0 Å². The quantitative estimate of drug-likeness (QED) is 0.510. The second-order valence-corrected chi connectivity index (χ2v) is 2.72. The minimum absolute atomic E-state index is 0.0750. The Hall–Kier alpha value is -1.15. The summed E-state index contributed by atoms with van der Waals surface area (Å²) in [6.45, 7) is 3.87. The van der Waals surface area contributed by atoms with E-state index in [2.05, 4.69) is 0 Å². The van der Waals surface area contributed by atoms with E-state index >= 15 is 0 Å². The summed E-state index contributed by atoms with van der Waals surface area (Å²) >= 11 is 0. The van der Waals surface area contributed by atoms with Gasteiger partial charge in [-0.05, 0) is 6.42 Å². The number of hydrogen-bond donors (Lipinski definition) is 0. The number of ether oxygens (including phenoxy) is 1. The maximum Gasteiger partial charge on any atom is 0.194 e. The maximum absolute atomic E-state index is 11.3. The molecule has 1 rings (SSSR count). The van der Waals surface area contributed by atoms with Crippen LogP contribution in [0.3, 0.4) is 0 Å². The van der Waals surface area contributed by atoms with Gasteiger partial charge in [-0.2, -0.15) is 0 Å². The lowest BCUT2D eigenvalue weighted by Gasteiger charge is -2.00. The topological polar surface area (TPSA) is 26.3 Å². The summed E-state index contributed by atoms with van der Waals surface area (Å²) < 4.78 is 5.02. The van der Waals surface area contributed by atoms with Gasteiger partial charge in [0.2, 0.25) is 0 Å². The Kier molecular flexibility index (Phi) is 4.19. The Labute approximate surface area is 78.5 Å². The fourth-order valence-corrected chi connectivity index (χ4v) is 0.923. The van der Waals surface area contributed by atoms with Crippen molar-refractivity contribution in [3.8, 4) is 0 Å². The van der Waals surface area contributed by atoms with Crippen LogP contribution < -0.4 is 0 Å². The molecule has 0 amide bonds. The highest BCUT2D eigenvalue weighted by Gasteiger charge is 2.04. The second kappa shape index (κ2) is 5.49. The van der Waals surface area contributed by atoms with Crippen LogP contribution in [0.15, 0.2) is 30.3 Å². The zero-order valence-electron chi connectivity index (χ0n) is 7.69. The lowest BCUT2D eigenvalue weighted by molar-refractivity contribution is 0.0900. The third-order valence-electron chi connectivity index (χ3n) is 1.57. The molecule has 1 radical (unpaired) electrons. The third-order valence-corrected chi connectivity index (χ3v) is 1.57. The van der Waals surface area contributed by atoms with Crippen LogP contribution in [0.25, 0.3) is 0 Å². The number of benzene rings is 1. The van der Waals surface area contributed by atoms with E-state index in [1.54, 1.807) is 12.1 Å². The summed E-state index contributed by atoms with van der Waals surface area (Å²) in [5.41, 5.74) is 0.665. The fourth-order valence-electron chi connectivity index (χ4n) is 0.923. The smallest absolute Gasteiger partial charge is 0.194 e. The van der Waals surface area contributed by atoms with Crippen LogP contribution >= 0.6 is 0 Å². The molecule has 69 valence electrons. The predicted octanol–water partition coefficient (Wildman–Crippen LogP) is 2.46. The number of carbonyl (C=O) groups is 1. The molecular weight excluding hydrogens is 164 g/mol. The lowest BCUT2D eigenvalue weighted by Crippen LogP contribution is -2.03. The molecular formula is C11H13O2. The van der Waals surface area contributed by atoms with Crippen molar-refractivity contribution in [1.82, 2.24) is 0 Å². The molecule has 0 bridgehead atoms. The van der Waals surface area contributed by atoms with Crippen molar-refractivity contribution in [3.63, 3.8) is 0 Å². The van der Waals surface area contributed by atoms with Gasteiger partial charge in [0.1, 0.15) is 0 Å². The van der Waals surface area contributed by atoms with Gasteiger partial charge < -0.3 is 4.74 Å². The second-order valence-electron chi connectivity index (χ2n) is 2.72. The summed E-state index contributed by atoms with van der Waals surface area (Å²) in [5, 5.41) is 0. The molecule has 13 heavy (non-hydrogen) atoms. The molecule has 1 aromatic carbocycles. The highest BCUT2D eigenvalue weighted by molar-refractivity contribution is 6.01. The van der Waals surface area contributed by atoms with Gasteiger partial charge in [0.15, 0.2) is 12.4 Å². The molecule has 1 aromatic rings. The Balaban J connectivity index is 2.40. The maximum atomic E-state index is 11.3. The van der Waals surface area contributed by atoms with Gasteiger partial charge in [0.05, 0.1) is 0 Å². The molecule has 2 nitrogen and oxygen atoms in total. The van der Waals surface area contributed by atoms with Crippen molar-refractivity contribution in [2.24, 2.45) is 0 Å². The van der Waals surface area contributed by atoms with Gasteiger partial charge in [0, 0.05) is 12.2 Å². The molecule has 0 heterocycles. The predicted molar refractivity (Wildman–Crippen MR) is 51.3 cm³/mol. The van der Waals surface area contributed by atoms with E-state index in [-0.39, 0.29) is 5.78 Å². The van der Waals surface area contributed by atoms with Crippen LogP contribution in [-0.2, 0) is 4.74 Å². The van der Waals surface area contributed by atoms with Crippen molar-refractivity contribution < 1.29 is 9.53 Å². The van der Waals surface area contributed by atoms with Gasteiger partial charge >= 0.3 is 0 Å². The number of rotatable bonds is 5. The molecule has 2 heteroatoms.